The second kappa shape index (κ2) is 7.08. The second-order valence-corrected chi connectivity index (χ2v) is 5.34. The molecule has 0 saturated heterocycles. The van der Waals surface area contributed by atoms with E-state index in [1.165, 1.54) is 6.42 Å². The molecule has 0 heterocycles. The van der Waals surface area contributed by atoms with Crippen molar-refractivity contribution in [2.45, 2.75) is 39.0 Å². The van der Waals surface area contributed by atoms with Crippen molar-refractivity contribution in [3.63, 3.8) is 0 Å². The van der Waals surface area contributed by atoms with E-state index in [2.05, 4.69) is 5.32 Å². The molecule has 4 heteroatoms. The van der Waals surface area contributed by atoms with Crippen LogP contribution in [-0.4, -0.2) is 18.4 Å². The average Bonchev–Trinajstić information content (AvgIpc) is 2.48. The molecule has 1 fully saturated rings. The van der Waals surface area contributed by atoms with Gasteiger partial charge in [0, 0.05) is 5.92 Å². The van der Waals surface area contributed by atoms with Crippen LogP contribution in [0.4, 0.5) is 0 Å². The van der Waals surface area contributed by atoms with E-state index in [-0.39, 0.29) is 18.4 Å². The molecule has 1 N–H and O–H groups in total. The average molecular weight is 275 g/mol. The van der Waals surface area contributed by atoms with Crippen molar-refractivity contribution in [1.29, 1.82) is 0 Å². The highest BCUT2D eigenvalue weighted by Gasteiger charge is 2.21. The fraction of sp³-hybridized carbons (Fsp3) is 0.500. The van der Waals surface area contributed by atoms with Gasteiger partial charge >= 0.3 is 5.97 Å². The second-order valence-electron chi connectivity index (χ2n) is 5.34. The Labute approximate surface area is 119 Å². The van der Waals surface area contributed by atoms with Gasteiger partial charge in [-0.25, -0.2) is 4.79 Å². The molecule has 4 nitrogen and oxygen atoms in total. The van der Waals surface area contributed by atoms with Crippen LogP contribution in [0.3, 0.4) is 0 Å². The van der Waals surface area contributed by atoms with Crippen molar-refractivity contribution >= 4 is 11.9 Å². The molecule has 20 heavy (non-hydrogen) atoms. The van der Waals surface area contributed by atoms with E-state index >= 15 is 0 Å². The first-order chi connectivity index (χ1) is 9.65. The standard InChI is InChI=1S/C16H21NO3/c1-12-7-9-14(10-8-12)20-15(18)11-17-16(19)13-5-3-2-4-6-13/h7-10,13H,2-6,11H2,1H3,(H,17,19). The highest BCUT2D eigenvalue weighted by atomic mass is 16.5. The fourth-order valence-corrected chi connectivity index (χ4v) is 2.44. The highest BCUT2D eigenvalue weighted by Crippen LogP contribution is 2.23. The summed E-state index contributed by atoms with van der Waals surface area (Å²) in [6.45, 7) is 1.90. The summed E-state index contributed by atoms with van der Waals surface area (Å²) in [6.07, 6.45) is 5.27. The first kappa shape index (κ1) is 14.6. The van der Waals surface area contributed by atoms with Crippen molar-refractivity contribution in [3.05, 3.63) is 29.8 Å². The van der Waals surface area contributed by atoms with Gasteiger partial charge in [0.2, 0.25) is 5.91 Å². The Kier molecular flexibility index (Phi) is 5.16. The predicted octanol–water partition coefficient (Wildman–Crippen LogP) is 2.60. The van der Waals surface area contributed by atoms with E-state index in [1.807, 2.05) is 19.1 Å². The number of esters is 1. The van der Waals surface area contributed by atoms with Crippen LogP contribution in [0.25, 0.3) is 0 Å². The molecular weight excluding hydrogens is 254 g/mol. The van der Waals surface area contributed by atoms with Crippen molar-refractivity contribution in [1.82, 2.24) is 5.32 Å². The molecule has 2 rings (SSSR count). The number of amides is 1. The van der Waals surface area contributed by atoms with E-state index in [0.29, 0.717) is 5.75 Å². The van der Waals surface area contributed by atoms with E-state index in [0.717, 1.165) is 31.2 Å². The molecule has 1 amide bonds. The summed E-state index contributed by atoms with van der Waals surface area (Å²) < 4.78 is 5.15. The first-order valence-electron chi connectivity index (χ1n) is 7.20. The Hall–Kier alpha value is -1.84. The van der Waals surface area contributed by atoms with Crippen LogP contribution >= 0.6 is 0 Å². The molecule has 1 aliphatic carbocycles. The van der Waals surface area contributed by atoms with Gasteiger partial charge in [-0.15, -0.1) is 0 Å². The number of carbonyl (C=O) groups is 2. The maximum absolute atomic E-state index is 11.9. The zero-order valence-corrected chi connectivity index (χ0v) is 11.9. The Balaban J connectivity index is 1.74. The first-order valence-corrected chi connectivity index (χ1v) is 7.20. The number of ether oxygens (including phenoxy) is 1. The van der Waals surface area contributed by atoms with Crippen LogP contribution < -0.4 is 10.1 Å². The topological polar surface area (TPSA) is 55.4 Å². The van der Waals surface area contributed by atoms with Gasteiger partial charge < -0.3 is 10.1 Å². The molecule has 0 radical (unpaired) electrons. The van der Waals surface area contributed by atoms with Crippen LogP contribution in [0.5, 0.6) is 5.75 Å². The smallest absolute Gasteiger partial charge is 0.330 e. The monoisotopic (exact) mass is 275 g/mol. The maximum atomic E-state index is 11.9. The van der Waals surface area contributed by atoms with Crippen molar-refractivity contribution in [3.8, 4) is 5.75 Å². The number of hydrogen-bond acceptors (Lipinski definition) is 3. The zero-order chi connectivity index (χ0) is 14.4. The Morgan fingerprint density at radius 3 is 2.45 bits per heavy atom. The molecule has 1 aromatic carbocycles. The molecule has 1 aliphatic rings. The van der Waals surface area contributed by atoms with E-state index in [1.54, 1.807) is 12.1 Å². The minimum atomic E-state index is -0.432. The predicted molar refractivity (Wildman–Crippen MR) is 76.4 cm³/mol. The van der Waals surface area contributed by atoms with Gasteiger partial charge in [-0.1, -0.05) is 37.0 Å². The molecule has 0 unspecified atom stereocenters. The highest BCUT2D eigenvalue weighted by molar-refractivity contribution is 5.84. The minimum Gasteiger partial charge on any atom is -0.425 e. The largest absolute Gasteiger partial charge is 0.425 e. The number of benzene rings is 1. The molecule has 1 aromatic rings. The summed E-state index contributed by atoms with van der Waals surface area (Å²) in [7, 11) is 0. The SMILES string of the molecule is Cc1ccc(OC(=O)CNC(=O)C2CCCCC2)cc1. The number of rotatable bonds is 4. The van der Waals surface area contributed by atoms with Crippen molar-refractivity contribution < 1.29 is 14.3 Å². The zero-order valence-electron chi connectivity index (χ0n) is 11.9. The lowest BCUT2D eigenvalue weighted by Crippen LogP contribution is -2.36. The maximum Gasteiger partial charge on any atom is 0.330 e. The molecule has 0 bridgehead atoms. The van der Waals surface area contributed by atoms with Gasteiger partial charge in [-0.05, 0) is 31.9 Å². The van der Waals surface area contributed by atoms with Crippen molar-refractivity contribution in [2.75, 3.05) is 6.54 Å². The van der Waals surface area contributed by atoms with Crippen LogP contribution in [-0.2, 0) is 9.59 Å². The normalized spacial score (nSPS) is 15.7. The molecule has 0 aliphatic heterocycles. The third kappa shape index (κ3) is 4.37. The molecular formula is C16H21NO3. The number of nitrogens with one attached hydrogen (secondary N) is 1. The Morgan fingerprint density at radius 1 is 1.15 bits per heavy atom. The van der Waals surface area contributed by atoms with Gasteiger partial charge in [-0.2, -0.15) is 0 Å². The van der Waals surface area contributed by atoms with Gasteiger partial charge in [0.25, 0.3) is 0 Å². The lowest BCUT2D eigenvalue weighted by Gasteiger charge is -2.20. The summed E-state index contributed by atoms with van der Waals surface area (Å²) >= 11 is 0. The van der Waals surface area contributed by atoms with Gasteiger partial charge in [0.1, 0.15) is 12.3 Å². The summed E-state index contributed by atoms with van der Waals surface area (Å²) in [4.78, 5) is 23.5. The lowest BCUT2D eigenvalue weighted by molar-refractivity contribution is -0.136. The van der Waals surface area contributed by atoms with Crippen LogP contribution in [0.15, 0.2) is 24.3 Å². The van der Waals surface area contributed by atoms with E-state index in [9.17, 15) is 9.59 Å². The van der Waals surface area contributed by atoms with E-state index in [4.69, 9.17) is 4.74 Å². The summed E-state index contributed by atoms with van der Waals surface area (Å²) in [6, 6.07) is 7.25. The molecule has 1 saturated carbocycles. The third-order valence-corrected chi connectivity index (χ3v) is 3.64. The molecule has 0 spiro atoms. The Morgan fingerprint density at radius 2 is 1.80 bits per heavy atom. The summed E-state index contributed by atoms with van der Waals surface area (Å²) in [5.41, 5.74) is 1.11. The van der Waals surface area contributed by atoms with Crippen molar-refractivity contribution in [2.24, 2.45) is 5.92 Å². The van der Waals surface area contributed by atoms with E-state index < -0.39 is 5.97 Å². The number of aryl methyl sites for hydroxylation is 1. The number of hydrogen-bond donors (Lipinski definition) is 1. The van der Waals surface area contributed by atoms with Crippen LogP contribution in [0, 0.1) is 12.8 Å². The fourth-order valence-electron chi connectivity index (χ4n) is 2.44. The summed E-state index contributed by atoms with van der Waals surface area (Å²) in [5.74, 6) is 0.118. The lowest BCUT2D eigenvalue weighted by atomic mass is 9.89. The van der Waals surface area contributed by atoms with Crippen LogP contribution in [0.1, 0.15) is 37.7 Å². The van der Waals surface area contributed by atoms with Gasteiger partial charge in [0.15, 0.2) is 0 Å². The minimum absolute atomic E-state index is 0.0226. The third-order valence-electron chi connectivity index (χ3n) is 3.64. The van der Waals surface area contributed by atoms with Gasteiger partial charge in [0.05, 0.1) is 0 Å². The number of carbonyl (C=O) groups excluding carboxylic acids is 2. The van der Waals surface area contributed by atoms with Gasteiger partial charge in [-0.3, -0.25) is 4.79 Å². The quantitative estimate of drug-likeness (QED) is 0.679. The molecule has 0 aromatic heterocycles. The molecule has 0 atom stereocenters. The molecule has 108 valence electrons. The van der Waals surface area contributed by atoms with Crippen LogP contribution in [0.2, 0.25) is 0 Å². The Bertz CT molecular complexity index is 461. The summed E-state index contributed by atoms with van der Waals surface area (Å²) in [5, 5.41) is 2.67.